The molecule has 0 aliphatic heterocycles. The van der Waals surface area contributed by atoms with E-state index in [1.807, 2.05) is 6.07 Å². The van der Waals surface area contributed by atoms with Crippen molar-refractivity contribution in [3.8, 4) is 23.1 Å². The van der Waals surface area contributed by atoms with Crippen molar-refractivity contribution in [3.63, 3.8) is 0 Å². The number of nitriles is 1. The Hall–Kier alpha value is -2.87. The first-order valence-corrected chi connectivity index (χ1v) is 5.32. The van der Waals surface area contributed by atoms with Crippen molar-refractivity contribution in [2.24, 2.45) is 0 Å². The highest BCUT2D eigenvalue weighted by Crippen LogP contribution is 2.22. The molecule has 0 saturated carbocycles. The Morgan fingerprint density at radius 3 is 2.67 bits per heavy atom. The van der Waals surface area contributed by atoms with Crippen LogP contribution in [0.2, 0.25) is 0 Å². The van der Waals surface area contributed by atoms with E-state index < -0.39 is 0 Å². The van der Waals surface area contributed by atoms with Gasteiger partial charge in [0.05, 0.1) is 11.9 Å². The van der Waals surface area contributed by atoms with Crippen molar-refractivity contribution in [1.82, 2.24) is 14.6 Å². The van der Waals surface area contributed by atoms with Crippen LogP contribution in [0.4, 0.5) is 0 Å². The van der Waals surface area contributed by atoms with Gasteiger partial charge in [0.15, 0.2) is 5.65 Å². The maximum Gasteiger partial charge on any atom is 0.173 e. The summed E-state index contributed by atoms with van der Waals surface area (Å²) in [5, 5.41) is 22.4. The second kappa shape index (κ2) is 3.86. The third-order valence-electron chi connectivity index (χ3n) is 2.68. The molecule has 0 fully saturated rings. The maximum atomic E-state index is 9.28. The third-order valence-corrected chi connectivity index (χ3v) is 2.68. The molecule has 3 rings (SSSR count). The monoisotopic (exact) mass is 236 g/mol. The molecule has 86 valence electrons. The molecule has 0 radical (unpaired) electrons. The molecule has 5 nitrogen and oxygen atoms in total. The third kappa shape index (κ3) is 1.48. The van der Waals surface area contributed by atoms with Crippen LogP contribution >= 0.6 is 0 Å². The summed E-state index contributed by atoms with van der Waals surface area (Å²) in [5.41, 5.74) is 2.69. The van der Waals surface area contributed by atoms with Crippen LogP contribution < -0.4 is 0 Å². The van der Waals surface area contributed by atoms with Crippen LogP contribution in [0.15, 0.2) is 42.7 Å². The van der Waals surface area contributed by atoms with Gasteiger partial charge in [0.25, 0.3) is 0 Å². The number of aromatic nitrogens is 3. The largest absolute Gasteiger partial charge is 0.508 e. The Balaban J connectivity index is 2.27. The lowest BCUT2D eigenvalue weighted by Crippen LogP contribution is -1.95. The van der Waals surface area contributed by atoms with Crippen molar-refractivity contribution in [2.45, 2.75) is 0 Å². The fraction of sp³-hybridized carbons (Fsp3) is 0. The number of hydrogen-bond donors (Lipinski definition) is 1. The Labute approximate surface area is 103 Å². The SMILES string of the molecule is N#Cc1cnn2c(-c3ccc(O)cc3)ccnc12. The molecular weight excluding hydrogens is 228 g/mol. The number of aromatic hydroxyl groups is 1. The number of fused-ring (bicyclic) bond motifs is 1. The molecule has 1 aromatic carbocycles. The van der Waals surface area contributed by atoms with Gasteiger partial charge < -0.3 is 5.11 Å². The van der Waals surface area contributed by atoms with E-state index in [9.17, 15) is 5.11 Å². The number of phenolic OH excluding ortho intramolecular Hbond substituents is 1. The molecule has 5 heteroatoms. The highest BCUT2D eigenvalue weighted by atomic mass is 16.3. The molecule has 2 aromatic heterocycles. The molecule has 2 heterocycles. The lowest BCUT2D eigenvalue weighted by Gasteiger charge is -2.04. The zero-order chi connectivity index (χ0) is 12.5. The average Bonchev–Trinajstić information content (AvgIpc) is 2.82. The Kier molecular flexibility index (Phi) is 2.21. The smallest absolute Gasteiger partial charge is 0.173 e. The van der Waals surface area contributed by atoms with E-state index in [1.54, 1.807) is 35.0 Å². The number of phenols is 1. The molecular formula is C13H8N4O. The highest BCUT2D eigenvalue weighted by molar-refractivity contribution is 5.65. The van der Waals surface area contributed by atoms with Gasteiger partial charge in [0.2, 0.25) is 0 Å². The van der Waals surface area contributed by atoms with Crippen LogP contribution in [0.25, 0.3) is 16.9 Å². The van der Waals surface area contributed by atoms with Crippen molar-refractivity contribution < 1.29 is 5.11 Å². The molecule has 0 spiro atoms. The van der Waals surface area contributed by atoms with Gasteiger partial charge in [-0.1, -0.05) is 0 Å². The molecule has 0 bridgehead atoms. The molecule has 0 amide bonds. The molecule has 0 unspecified atom stereocenters. The predicted molar refractivity (Wildman–Crippen MR) is 64.8 cm³/mol. The molecule has 1 N–H and O–H groups in total. The number of hydrogen-bond acceptors (Lipinski definition) is 4. The van der Waals surface area contributed by atoms with Crippen molar-refractivity contribution in [1.29, 1.82) is 5.26 Å². The van der Waals surface area contributed by atoms with Crippen LogP contribution in [0.3, 0.4) is 0 Å². The summed E-state index contributed by atoms with van der Waals surface area (Å²) < 4.78 is 1.62. The molecule has 0 saturated heterocycles. The minimum Gasteiger partial charge on any atom is -0.508 e. The minimum atomic E-state index is 0.210. The lowest BCUT2D eigenvalue weighted by molar-refractivity contribution is 0.475. The summed E-state index contributed by atoms with van der Waals surface area (Å²) >= 11 is 0. The summed E-state index contributed by atoms with van der Waals surface area (Å²) in [6.07, 6.45) is 3.13. The average molecular weight is 236 g/mol. The predicted octanol–water partition coefficient (Wildman–Crippen LogP) is 1.97. The van der Waals surface area contributed by atoms with Gasteiger partial charge >= 0.3 is 0 Å². The lowest BCUT2D eigenvalue weighted by atomic mass is 10.1. The zero-order valence-electron chi connectivity index (χ0n) is 9.28. The fourth-order valence-electron chi connectivity index (χ4n) is 1.82. The normalized spacial score (nSPS) is 10.4. The van der Waals surface area contributed by atoms with E-state index >= 15 is 0 Å². The van der Waals surface area contributed by atoms with Gasteiger partial charge in [0.1, 0.15) is 17.4 Å². The minimum absolute atomic E-state index is 0.210. The molecule has 3 aromatic rings. The van der Waals surface area contributed by atoms with E-state index in [2.05, 4.69) is 16.2 Å². The van der Waals surface area contributed by atoms with Gasteiger partial charge in [0, 0.05) is 11.8 Å². The van der Waals surface area contributed by atoms with E-state index in [4.69, 9.17) is 5.26 Å². The zero-order valence-corrected chi connectivity index (χ0v) is 9.28. The van der Waals surface area contributed by atoms with E-state index in [0.717, 1.165) is 11.3 Å². The summed E-state index contributed by atoms with van der Waals surface area (Å²) in [6, 6.07) is 10.7. The van der Waals surface area contributed by atoms with Crippen LogP contribution in [0, 0.1) is 11.3 Å². The topological polar surface area (TPSA) is 74.2 Å². The number of rotatable bonds is 1. The summed E-state index contributed by atoms with van der Waals surface area (Å²) in [4.78, 5) is 4.14. The van der Waals surface area contributed by atoms with Gasteiger partial charge in [-0.05, 0) is 30.3 Å². The first-order chi connectivity index (χ1) is 8.79. The summed E-state index contributed by atoms with van der Waals surface area (Å²) in [5.74, 6) is 0.210. The van der Waals surface area contributed by atoms with Gasteiger partial charge in [-0.25, -0.2) is 9.50 Å². The second-order valence-corrected chi connectivity index (χ2v) is 3.78. The Morgan fingerprint density at radius 2 is 1.94 bits per heavy atom. The standard InChI is InChI=1S/C13H8N4O/c14-7-10-8-16-17-12(5-6-15-13(10)17)9-1-3-11(18)4-2-9/h1-6,8,18H. The molecule has 18 heavy (non-hydrogen) atoms. The first kappa shape index (κ1) is 10.3. The van der Waals surface area contributed by atoms with Crippen molar-refractivity contribution in [2.75, 3.05) is 0 Å². The van der Waals surface area contributed by atoms with Crippen molar-refractivity contribution >= 4 is 5.65 Å². The second-order valence-electron chi connectivity index (χ2n) is 3.78. The van der Waals surface area contributed by atoms with E-state index in [1.165, 1.54) is 6.20 Å². The van der Waals surface area contributed by atoms with Gasteiger partial charge in [-0.3, -0.25) is 0 Å². The van der Waals surface area contributed by atoms with Crippen LogP contribution in [-0.4, -0.2) is 19.7 Å². The fourth-order valence-corrected chi connectivity index (χ4v) is 1.82. The van der Waals surface area contributed by atoms with Gasteiger partial charge in [-0.2, -0.15) is 10.4 Å². The Bertz CT molecular complexity index is 753. The van der Waals surface area contributed by atoms with Crippen molar-refractivity contribution in [3.05, 3.63) is 48.3 Å². The van der Waals surface area contributed by atoms with E-state index in [0.29, 0.717) is 11.2 Å². The summed E-state index contributed by atoms with van der Waals surface area (Å²) in [7, 11) is 0. The number of nitrogens with zero attached hydrogens (tertiary/aromatic N) is 4. The first-order valence-electron chi connectivity index (χ1n) is 5.32. The van der Waals surface area contributed by atoms with Crippen LogP contribution in [-0.2, 0) is 0 Å². The van der Waals surface area contributed by atoms with Gasteiger partial charge in [-0.15, -0.1) is 0 Å². The van der Waals surface area contributed by atoms with E-state index in [-0.39, 0.29) is 5.75 Å². The highest BCUT2D eigenvalue weighted by Gasteiger charge is 2.09. The summed E-state index contributed by atoms with van der Waals surface area (Å²) in [6.45, 7) is 0. The molecule has 0 aliphatic rings. The molecule has 0 aliphatic carbocycles. The Morgan fingerprint density at radius 1 is 1.17 bits per heavy atom. The van der Waals surface area contributed by atoms with Crippen LogP contribution in [0.1, 0.15) is 5.56 Å². The number of benzene rings is 1. The maximum absolute atomic E-state index is 9.28. The quantitative estimate of drug-likeness (QED) is 0.701. The van der Waals surface area contributed by atoms with Crippen LogP contribution in [0.5, 0.6) is 5.75 Å². The molecule has 0 atom stereocenters.